The van der Waals surface area contributed by atoms with Crippen molar-refractivity contribution in [1.82, 2.24) is 20.4 Å². The van der Waals surface area contributed by atoms with Crippen LogP contribution < -0.4 is 10.6 Å². The summed E-state index contributed by atoms with van der Waals surface area (Å²) in [5.74, 6) is 0.0650. The Morgan fingerprint density at radius 1 is 1.26 bits per heavy atom. The number of carbonyl (C=O) groups excluding carboxylic acids is 1. The molecule has 0 aromatic carbocycles. The van der Waals surface area contributed by atoms with Gasteiger partial charge in [-0.15, -0.1) is 0 Å². The van der Waals surface area contributed by atoms with Crippen molar-refractivity contribution in [2.24, 2.45) is 0 Å². The van der Waals surface area contributed by atoms with E-state index in [-0.39, 0.29) is 11.9 Å². The Hall–Kier alpha value is -1.36. The first kappa shape index (κ1) is 18.0. The summed E-state index contributed by atoms with van der Waals surface area (Å²) in [6, 6.07) is 3.30. The van der Waals surface area contributed by atoms with E-state index in [9.17, 15) is 4.79 Å². The van der Waals surface area contributed by atoms with E-state index in [4.69, 9.17) is 0 Å². The highest BCUT2D eigenvalue weighted by atomic mass is 16.2. The van der Waals surface area contributed by atoms with Crippen LogP contribution in [0, 0.1) is 13.8 Å². The Morgan fingerprint density at radius 3 is 2.39 bits per heavy atom. The van der Waals surface area contributed by atoms with Crippen LogP contribution in [0.25, 0.3) is 0 Å². The van der Waals surface area contributed by atoms with Crippen LogP contribution in [0.4, 0.5) is 0 Å². The summed E-state index contributed by atoms with van der Waals surface area (Å²) < 4.78 is 1.78. The lowest BCUT2D eigenvalue weighted by Gasteiger charge is -2.40. The van der Waals surface area contributed by atoms with E-state index in [0.29, 0.717) is 18.6 Å². The van der Waals surface area contributed by atoms with Crippen LogP contribution in [-0.2, 0) is 11.3 Å². The van der Waals surface area contributed by atoms with E-state index in [1.807, 2.05) is 19.9 Å². The SMILES string of the molecule is CCCC(CCC)N[C@@H]1CC[C@@H]1NC(=O)Cn1nc(C)cc1C. The largest absolute Gasteiger partial charge is 0.350 e. The highest BCUT2D eigenvalue weighted by Crippen LogP contribution is 2.22. The molecule has 1 fully saturated rings. The molecule has 130 valence electrons. The lowest BCUT2D eigenvalue weighted by Crippen LogP contribution is -2.59. The molecule has 0 aliphatic heterocycles. The summed E-state index contributed by atoms with van der Waals surface area (Å²) in [6.07, 6.45) is 7.09. The predicted octanol–water partition coefficient (Wildman–Crippen LogP) is 2.71. The Labute approximate surface area is 140 Å². The molecule has 2 rings (SSSR count). The number of hydrogen-bond acceptors (Lipinski definition) is 3. The van der Waals surface area contributed by atoms with E-state index >= 15 is 0 Å². The van der Waals surface area contributed by atoms with E-state index < -0.39 is 0 Å². The van der Waals surface area contributed by atoms with Gasteiger partial charge in [-0.3, -0.25) is 9.48 Å². The molecule has 0 radical (unpaired) electrons. The third kappa shape index (κ3) is 5.06. The van der Waals surface area contributed by atoms with Crippen molar-refractivity contribution >= 4 is 5.91 Å². The van der Waals surface area contributed by atoms with Crippen molar-refractivity contribution in [1.29, 1.82) is 0 Å². The zero-order valence-electron chi connectivity index (χ0n) is 15.1. The molecule has 0 saturated heterocycles. The Balaban J connectivity index is 1.80. The van der Waals surface area contributed by atoms with Gasteiger partial charge in [0.15, 0.2) is 0 Å². The number of rotatable bonds is 9. The first-order valence-corrected chi connectivity index (χ1v) is 9.10. The molecule has 1 aliphatic rings. The fourth-order valence-electron chi connectivity index (χ4n) is 3.41. The van der Waals surface area contributed by atoms with Crippen molar-refractivity contribution in [2.45, 2.75) is 90.9 Å². The minimum atomic E-state index is 0.0650. The van der Waals surface area contributed by atoms with Crippen LogP contribution in [0.5, 0.6) is 0 Å². The second-order valence-corrected chi connectivity index (χ2v) is 6.88. The molecule has 0 bridgehead atoms. The fourth-order valence-corrected chi connectivity index (χ4v) is 3.41. The molecule has 2 atom stereocenters. The molecule has 0 unspecified atom stereocenters. The monoisotopic (exact) mass is 320 g/mol. The van der Waals surface area contributed by atoms with Gasteiger partial charge < -0.3 is 10.6 Å². The number of hydrogen-bond donors (Lipinski definition) is 2. The van der Waals surface area contributed by atoms with Crippen molar-refractivity contribution in [3.05, 3.63) is 17.5 Å². The summed E-state index contributed by atoms with van der Waals surface area (Å²) in [6.45, 7) is 8.73. The van der Waals surface area contributed by atoms with Gasteiger partial charge in [-0.25, -0.2) is 0 Å². The van der Waals surface area contributed by atoms with Gasteiger partial charge in [0, 0.05) is 23.8 Å². The standard InChI is InChI=1S/C18H32N4O/c1-5-7-15(8-6-2)19-16-9-10-17(16)20-18(23)12-22-14(4)11-13(3)21-22/h11,15-17,19H,5-10,12H2,1-4H3,(H,20,23)/t16-,17+/m1/s1. The van der Waals surface area contributed by atoms with Gasteiger partial charge in [-0.2, -0.15) is 5.10 Å². The second-order valence-electron chi connectivity index (χ2n) is 6.88. The number of nitrogens with zero attached hydrogens (tertiary/aromatic N) is 2. The van der Waals surface area contributed by atoms with E-state index in [1.54, 1.807) is 4.68 Å². The van der Waals surface area contributed by atoms with Gasteiger partial charge in [-0.1, -0.05) is 26.7 Å². The summed E-state index contributed by atoms with van der Waals surface area (Å²) in [5.41, 5.74) is 1.99. The van der Waals surface area contributed by atoms with Gasteiger partial charge in [0.05, 0.1) is 5.69 Å². The number of amides is 1. The number of nitrogens with one attached hydrogen (secondary N) is 2. The molecule has 1 heterocycles. The molecule has 0 spiro atoms. The van der Waals surface area contributed by atoms with E-state index in [2.05, 4.69) is 29.6 Å². The van der Waals surface area contributed by atoms with Crippen LogP contribution in [0.1, 0.15) is 63.8 Å². The van der Waals surface area contributed by atoms with Crippen LogP contribution in [-0.4, -0.2) is 33.8 Å². The topological polar surface area (TPSA) is 58.9 Å². The first-order valence-electron chi connectivity index (χ1n) is 9.10. The van der Waals surface area contributed by atoms with E-state index in [1.165, 1.54) is 25.7 Å². The summed E-state index contributed by atoms with van der Waals surface area (Å²) in [7, 11) is 0. The van der Waals surface area contributed by atoms with Crippen LogP contribution in [0.2, 0.25) is 0 Å². The van der Waals surface area contributed by atoms with Gasteiger partial charge in [0.25, 0.3) is 0 Å². The zero-order valence-corrected chi connectivity index (χ0v) is 15.1. The molecular formula is C18H32N4O. The minimum Gasteiger partial charge on any atom is -0.350 e. The minimum absolute atomic E-state index is 0.0650. The maximum Gasteiger partial charge on any atom is 0.242 e. The summed E-state index contributed by atoms with van der Waals surface area (Å²) in [5, 5.41) is 11.3. The Morgan fingerprint density at radius 2 is 1.91 bits per heavy atom. The van der Waals surface area contributed by atoms with Crippen molar-refractivity contribution < 1.29 is 4.79 Å². The molecule has 1 aromatic rings. The maximum absolute atomic E-state index is 12.3. The Kier molecular flexibility index (Phi) is 6.63. The van der Waals surface area contributed by atoms with Gasteiger partial charge in [0.1, 0.15) is 6.54 Å². The number of aromatic nitrogens is 2. The summed E-state index contributed by atoms with van der Waals surface area (Å²) in [4.78, 5) is 12.3. The van der Waals surface area contributed by atoms with Crippen LogP contribution in [0.3, 0.4) is 0 Å². The molecule has 5 heteroatoms. The third-order valence-electron chi connectivity index (χ3n) is 4.74. The van der Waals surface area contributed by atoms with Crippen molar-refractivity contribution in [2.75, 3.05) is 0 Å². The van der Waals surface area contributed by atoms with Crippen molar-refractivity contribution in [3.63, 3.8) is 0 Å². The average Bonchev–Trinajstić information content (AvgIpc) is 2.79. The van der Waals surface area contributed by atoms with Crippen LogP contribution in [0.15, 0.2) is 6.07 Å². The molecule has 23 heavy (non-hydrogen) atoms. The Bertz CT molecular complexity index is 505. The fraction of sp³-hybridized carbons (Fsp3) is 0.778. The van der Waals surface area contributed by atoms with Gasteiger partial charge in [-0.05, 0) is 45.6 Å². The number of aryl methyl sites for hydroxylation is 2. The molecule has 1 aromatic heterocycles. The second kappa shape index (κ2) is 8.48. The van der Waals surface area contributed by atoms with E-state index in [0.717, 1.165) is 24.2 Å². The molecule has 2 N–H and O–H groups in total. The van der Waals surface area contributed by atoms with Gasteiger partial charge in [0.2, 0.25) is 5.91 Å². The molecule has 1 amide bonds. The molecule has 5 nitrogen and oxygen atoms in total. The number of carbonyl (C=O) groups is 1. The first-order chi connectivity index (χ1) is 11.0. The molecular weight excluding hydrogens is 288 g/mol. The zero-order chi connectivity index (χ0) is 16.8. The third-order valence-corrected chi connectivity index (χ3v) is 4.74. The molecule has 1 saturated carbocycles. The normalized spacial score (nSPS) is 20.6. The maximum atomic E-state index is 12.3. The lowest BCUT2D eigenvalue weighted by molar-refractivity contribution is -0.123. The highest BCUT2D eigenvalue weighted by molar-refractivity contribution is 5.76. The van der Waals surface area contributed by atoms with Crippen molar-refractivity contribution in [3.8, 4) is 0 Å². The molecule has 1 aliphatic carbocycles. The lowest BCUT2D eigenvalue weighted by atomic mass is 9.85. The summed E-state index contributed by atoms with van der Waals surface area (Å²) >= 11 is 0. The highest BCUT2D eigenvalue weighted by Gasteiger charge is 2.33. The predicted molar refractivity (Wildman–Crippen MR) is 93.4 cm³/mol. The van der Waals surface area contributed by atoms with Gasteiger partial charge >= 0.3 is 0 Å². The average molecular weight is 320 g/mol. The van der Waals surface area contributed by atoms with Crippen LogP contribution >= 0.6 is 0 Å². The quantitative estimate of drug-likeness (QED) is 0.735. The smallest absolute Gasteiger partial charge is 0.242 e.